The summed E-state index contributed by atoms with van der Waals surface area (Å²) < 4.78 is 5.27. The number of aliphatic hydroxyl groups is 1. The van der Waals surface area contributed by atoms with Gasteiger partial charge in [0, 0.05) is 6.54 Å². The van der Waals surface area contributed by atoms with Gasteiger partial charge in [0.25, 0.3) is 5.91 Å². The topological polar surface area (TPSA) is 96.6 Å². The molecule has 2 atom stereocenters. The molecular formula is C12H17N3O3. The molecule has 6 nitrogen and oxygen atoms in total. The van der Waals surface area contributed by atoms with Crippen molar-refractivity contribution in [2.24, 2.45) is 5.73 Å². The van der Waals surface area contributed by atoms with Gasteiger partial charge in [-0.15, -0.1) is 0 Å². The number of carbonyl (C=O) groups is 1. The Kier molecular flexibility index (Phi) is 3.81. The summed E-state index contributed by atoms with van der Waals surface area (Å²) in [6.07, 6.45) is -0.687. The van der Waals surface area contributed by atoms with Gasteiger partial charge in [0.05, 0.1) is 17.8 Å². The molecule has 0 spiro atoms. The molecule has 0 saturated carbocycles. The largest absolute Gasteiger partial charge is 0.482 e. The normalized spacial score (nSPS) is 17.4. The molecule has 18 heavy (non-hydrogen) atoms. The zero-order valence-corrected chi connectivity index (χ0v) is 10.1. The lowest BCUT2D eigenvalue weighted by Crippen LogP contribution is -2.35. The lowest BCUT2D eigenvalue weighted by atomic mass is 10.0. The highest BCUT2D eigenvalue weighted by Crippen LogP contribution is 2.31. The van der Waals surface area contributed by atoms with E-state index in [4.69, 9.17) is 10.5 Å². The first-order valence-electron chi connectivity index (χ1n) is 5.77. The molecule has 1 aromatic rings. The average Bonchev–Trinajstić information content (AvgIpc) is 2.38. The van der Waals surface area contributed by atoms with Gasteiger partial charge in [0.15, 0.2) is 6.61 Å². The van der Waals surface area contributed by atoms with Gasteiger partial charge < -0.3 is 26.2 Å². The summed E-state index contributed by atoms with van der Waals surface area (Å²) in [5.74, 6) is 0.454. The molecule has 1 aromatic carbocycles. The third-order valence-electron chi connectivity index (χ3n) is 2.93. The Morgan fingerprint density at radius 3 is 3.06 bits per heavy atom. The second-order valence-electron chi connectivity index (χ2n) is 4.16. The SMILES string of the molecule is CNC(c1ccc2c(c1)NC(=O)CO2)C(O)CN. The van der Waals surface area contributed by atoms with Crippen LogP contribution in [0, 0.1) is 0 Å². The summed E-state index contributed by atoms with van der Waals surface area (Å²) >= 11 is 0. The van der Waals surface area contributed by atoms with E-state index in [9.17, 15) is 9.90 Å². The van der Waals surface area contributed by atoms with Crippen LogP contribution in [0.15, 0.2) is 18.2 Å². The maximum atomic E-state index is 11.2. The van der Waals surface area contributed by atoms with Crippen LogP contribution in [0.1, 0.15) is 11.6 Å². The van der Waals surface area contributed by atoms with Crippen LogP contribution in [0.25, 0.3) is 0 Å². The highest BCUT2D eigenvalue weighted by Gasteiger charge is 2.21. The van der Waals surface area contributed by atoms with Gasteiger partial charge in [-0.1, -0.05) is 6.07 Å². The monoisotopic (exact) mass is 251 g/mol. The number of amides is 1. The molecule has 1 heterocycles. The molecule has 0 aliphatic carbocycles. The van der Waals surface area contributed by atoms with E-state index in [0.29, 0.717) is 11.4 Å². The van der Waals surface area contributed by atoms with Gasteiger partial charge in [0.1, 0.15) is 5.75 Å². The summed E-state index contributed by atoms with van der Waals surface area (Å²) in [6.45, 7) is 0.193. The third kappa shape index (κ3) is 2.45. The summed E-state index contributed by atoms with van der Waals surface area (Å²) in [5.41, 5.74) is 6.93. The van der Waals surface area contributed by atoms with Crippen molar-refractivity contribution in [3.8, 4) is 5.75 Å². The minimum Gasteiger partial charge on any atom is -0.482 e. The molecule has 1 aliphatic heterocycles. The first kappa shape index (κ1) is 12.8. The Morgan fingerprint density at radius 1 is 1.61 bits per heavy atom. The van der Waals surface area contributed by atoms with Gasteiger partial charge in [-0.2, -0.15) is 0 Å². The number of ether oxygens (including phenoxy) is 1. The van der Waals surface area contributed by atoms with Crippen molar-refractivity contribution in [3.05, 3.63) is 23.8 Å². The number of aliphatic hydroxyl groups excluding tert-OH is 1. The average molecular weight is 251 g/mol. The minimum atomic E-state index is -0.687. The Bertz CT molecular complexity index is 450. The first-order valence-corrected chi connectivity index (χ1v) is 5.77. The number of fused-ring (bicyclic) bond motifs is 1. The summed E-state index contributed by atoms with van der Waals surface area (Å²) in [7, 11) is 1.75. The molecule has 98 valence electrons. The number of anilines is 1. The molecule has 6 heteroatoms. The number of nitrogens with two attached hydrogens (primary N) is 1. The fourth-order valence-electron chi connectivity index (χ4n) is 2.01. The molecule has 0 bridgehead atoms. The molecule has 2 unspecified atom stereocenters. The van der Waals surface area contributed by atoms with Crippen LogP contribution in [0.2, 0.25) is 0 Å². The molecule has 0 radical (unpaired) electrons. The highest BCUT2D eigenvalue weighted by molar-refractivity contribution is 5.95. The van der Waals surface area contributed by atoms with Crippen molar-refractivity contribution in [1.29, 1.82) is 0 Å². The van der Waals surface area contributed by atoms with E-state index in [2.05, 4.69) is 10.6 Å². The van der Waals surface area contributed by atoms with Gasteiger partial charge in [-0.25, -0.2) is 0 Å². The van der Waals surface area contributed by atoms with Crippen LogP contribution < -0.4 is 21.1 Å². The molecule has 0 fully saturated rings. The summed E-state index contributed by atoms with van der Waals surface area (Å²) in [5, 5.41) is 15.6. The van der Waals surface area contributed by atoms with E-state index in [-0.39, 0.29) is 25.1 Å². The van der Waals surface area contributed by atoms with Crippen LogP contribution in [0.5, 0.6) is 5.75 Å². The quantitative estimate of drug-likeness (QED) is 0.584. The van der Waals surface area contributed by atoms with Gasteiger partial charge in [-0.05, 0) is 24.7 Å². The Hall–Kier alpha value is -1.63. The van der Waals surface area contributed by atoms with Crippen molar-refractivity contribution >= 4 is 11.6 Å². The van der Waals surface area contributed by atoms with Crippen molar-refractivity contribution < 1.29 is 14.6 Å². The molecule has 0 aromatic heterocycles. The zero-order valence-electron chi connectivity index (χ0n) is 10.1. The van der Waals surface area contributed by atoms with Crippen molar-refractivity contribution in [2.75, 3.05) is 25.5 Å². The van der Waals surface area contributed by atoms with E-state index in [1.807, 2.05) is 6.07 Å². The van der Waals surface area contributed by atoms with Crippen LogP contribution in [-0.4, -0.2) is 37.3 Å². The number of benzene rings is 1. The third-order valence-corrected chi connectivity index (χ3v) is 2.93. The fraction of sp³-hybridized carbons (Fsp3) is 0.417. The lowest BCUT2D eigenvalue weighted by molar-refractivity contribution is -0.118. The number of likely N-dealkylation sites (N-methyl/N-ethyl adjacent to an activating group) is 1. The summed E-state index contributed by atoms with van der Waals surface area (Å²) in [4.78, 5) is 11.2. The molecule has 0 saturated heterocycles. The van der Waals surface area contributed by atoms with Gasteiger partial charge in [-0.3, -0.25) is 4.79 Å². The molecule has 1 aliphatic rings. The van der Waals surface area contributed by atoms with Gasteiger partial charge >= 0.3 is 0 Å². The number of rotatable bonds is 4. The maximum absolute atomic E-state index is 11.2. The summed E-state index contributed by atoms with van der Waals surface area (Å²) in [6, 6.07) is 5.12. The lowest BCUT2D eigenvalue weighted by Gasteiger charge is -2.24. The van der Waals surface area contributed by atoms with Crippen LogP contribution in [0.3, 0.4) is 0 Å². The van der Waals surface area contributed by atoms with Crippen LogP contribution >= 0.6 is 0 Å². The molecule has 5 N–H and O–H groups in total. The highest BCUT2D eigenvalue weighted by atomic mass is 16.5. The zero-order chi connectivity index (χ0) is 13.1. The van der Waals surface area contributed by atoms with Gasteiger partial charge in [0.2, 0.25) is 0 Å². The smallest absolute Gasteiger partial charge is 0.262 e. The number of nitrogens with one attached hydrogen (secondary N) is 2. The van der Waals surface area contributed by atoms with E-state index >= 15 is 0 Å². The molecule has 1 amide bonds. The molecule has 2 rings (SSSR count). The number of carbonyl (C=O) groups excluding carboxylic acids is 1. The standard InChI is InChI=1S/C12H17N3O3/c1-14-12(9(16)5-13)7-2-3-10-8(4-7)15-11(17)6-18-10/h2-4,9,12,14,16H,5-6,13H2,1H3,(H,15,17). The number of hydrogen-bond acceptors (Lipinski definition) is 5. The van der Waals surface area contributed by atoms with Crippen molar-refractivity contribution in [3.63, 3.8) is 0 Å². The first-order chi connectivity index (χ1) is 8.65. The Labute approximate surface area is 105 Å². The van der Waals surface area contributed by atoms with Crippen molar-refractivity contribution in [2.45, 2.75) is 12.1 Å². The predicted octanol–water partition coefficient (Wildman–Crippen LogP) is -0.402. The van der Waals surface area contributed by atoms with E-state index in [0.717, 1.165) is 5.56 Å². The number of hydrogen-bond donors (Lipinski definition) is 4. The minimum absolute atomic E-state index is 0.0349. The van der Waals surface area contributed by atoms with Crippen LogP contribution in [-0.2, 0) is 4.79 Å². The Morgan fingerprint density at radius 2 is 2.39 bits per heavy atom. The van der Waals surface area contributed by atoms with E-state index < -0.39 is 6.10 Å². The maximum Gasteiger partial charge on any atom is 0.262 e. The van der Waals surface area contributed by atoms with E-state index in [1.165, 1.54) is 0 Å². The molecular weight excluding hydrogens is 234 g/mol. The van der Waals surface area contributed by atoms with E-state index in [1.54, 1.807) is 19.2 Å². The van der Waals surface area contributed by atoms with Crippen LogP contribution in [0.4, 0.5) is 5.69 Å². The predicted molar refractivity (Wildman–Crippen MR) is 67.4 cm³/mol. The second-order valence-corrected chi connectivity index (χ2v) is 4.16. The van der Waals surface area contributed by atoms with Crippen molar-refractivity contribution in [1.82, 2.24) is 5.32 Å². The Balaban J connectivity index is 2.29. The fourth-order valence-corrected chi connectivity index (χ4v) is 2.01. The second kappa shape index (κ2) is 5.34.